The molecule has 5 heteroatoms. The number of nitrogens with two attached hydrogens (primary N) is 1. The molecule has 2 rings (SSSR count). The Morgan fingerprint density at radius 1 is 1.22 bits per heavy atom. The summed E-state index contributed by atoms with van der Waals surface area (Å²) in [7, 11) is -3.39. The first-order valence-corrected chi connectivity index (χ1v) is 7.23. The highest BCUT2D eigenvalue weighted by Gasteiger charge is 2.21. The molecule has 0 aliphatic heterocycles. The van der Waals surface area contributed by atoms with E-state index in [0.717, 1.165) is 5.56 Å². The van der Waals surface area contributed by atoms with Gasteiger partial charge in [-0.05, 0) is 31.2 Å². The second kappa shape index (κ2) is 4.96. The maximum absolute atomic E-state index is 12.1. The van der Waals surface area contributed by atoms with Crippen LogP contribution in [0, 0.1) is 6.92 Å². The molecule has 1 aromatic carbocycles. The van der Waals surface area contributed by atoms with Crippen LogP contribution in [0.2, 0.25) is 0 Å². The standard InChI is InChI=1S/C13H15NO3S/c1-10-4-6-11(7-5-10)18(15,16)9-12(14)13-3-2-8-17-13/h2-8,12H,9,14H2,1H3. The first-order valence-electron chi connectivity index (χ1n) is 5.57. The normalized spacial score (nSPS) is 13.4. The van der Waals surface area contributed by atoms with Crippen molar-refractivity contribution in [1.29, 1.82) is 0 Å². The van der Waals surface area contributed by atoms with Gasteiger partial charge in [-0.3, -0.25) is 0 Å². The van der Waals surface area contributed by atoms with Gasteiger partial charge >= 0.3 is 0 Å². The van der Waals surface area contributed by atoms with E-state index < -0.39 is 15.9 Å². The van der Waals surface area contributed by atoms with Crippen molar-refractivity contribution in [2.45, 2.75) is 17.9 Å². The lowest BCUT2D eigenvalue weighted by Gasteiger charge is -2.10. The molecule has 18 heavy (non-hydrogen) atoms. The Morgan fingerprint density at radius 3 is 2.44 bits per heavy atom. The van der Waals surface area contributed by atoms with Gasteiger partial charge in [-0.25, -0.2) is 8.42 Å². The molecule has 2 aromatic rings. The molecule has 4 nitrogen and oxygen atoms in total. The zero-order chi connectivity index (χ0) is 13.2. The van der Waals surface area contributed by atoms with Crippen LogP contribution in [0.4, 0.5) is 0 Å². The number of hydrogen-bond donors (Lipinski definition) is 1. The van der Waals surface area contributed by atoms with Gasteiger partial charge in [-0.1, -0.05) is 17.7 Å². The van der Waals surface area contributed by atoms with Crippen LogP contribution in [-0.4, -0.2) is 14.2 Å². The minimum atomic E-state index is -3.39. The summed E-state index contributed by atoms with van der Waals surface area (Å²) < 4.78 is 29.4. The molecule has 96 valence electrons. The third-order valence-electron chi connectivity index (χ3n) is 2.69. The van der Waals surface area contributed by atoms with E-state index in [1.54, 1.807) is 36.4 Å². The molecule has 0 radical (unpaired) electrons. The predicted molar refractivity (Wildman–Crippen MR) is 68.9 cm³/mol. The molecule has 1 heterocycles. The summed E-state index contributed by atoms with van der Waals surface area (Å²) in [5, 5.41) is 0. The zero-order valence-corrected chi connectivity index (χ0v) is 10.9. The smallest absolute Gasteiger partial charge is 0.180 e. The molecule has 0 amide bonds. The number of hydrogen-bond acceptors (Lipinski definition) is 4. The van der Waals surface area contributed by atoms with Gasteiger partial charge in [0.1, 0.15) is 5.76 Å². The molecule has 0 aliphatic carbocycles. The van der Waals surface area contributed by atoms with Crippen LogP contribution in [0.1, 0.15) is 17.4 Å². The Labute approximate surface area is 106 Å². The van der Waals surface area contributed by atoms with Crippen molar-refractivity contribution in [3.63, 3.8) is 0 Å². The number of aryl methyl sites for hydroxylation is 1. The van der Waals surface area contributed by atoms with Crippen molar-refractivity contribution in [3.8, 4) is 0 Å². The summed E-state index contributed by atoms with van der Waals surface area (Å²) in [6, 6.07) is 9.45. The van der Waals surface area contributed by atoms with Crippen molar-refractivity contribution in [2.75, 3.05) is 5.75 Å². The highest BCUT2D eigenvalue weighted by atomic mass is 32.2. The zero-order valence-electron chi connectivity index (χ0n) is 10.0. The lowest BCUT2D eigenvalue weighted by Crippen LogP contribution is -2.21. The van der Waals surface area contributed by atoms with E-state index in [4.69, 9.17) is 10.2 Å². The molecular weight excluding hydrogens is 250 g/mol. The molecule has 1 aromatic heterocycles. The van der Waals surface area contributed by atoms with Crippen LogP contribution in [0.5, 0.6) is 0 Å². The van der Waals surface area contributed by atoms with E-state index in [-0.39, 0.29) is 10.6 Å². The summed E-state index contributed by atoms with van der Waals surface area (Å²) in [6.45, 7) is 1.91. The van der Waals surface area contributed by atoms with Gasteiger partial charge < -0.3 is 10.2 Å². The van der Waals surface area contributed by atoms with Crippen molar-refractivity contribution in [1.82, 2.24) is 0 Å². The van der Waals surface area contributed by atoms with Crippen molar-refractivity contribution in [2.24, 2.45) is 5.73 Å². The highest BCUT2D eigenvalue weighted by molar-refractivity contribution is 7.91. The van der Waals surface area contributed by atoms with E-state index in [1.165, 1.54) is 6.26 Å². The van der Waals surface area contributed by atoms with E-state index >= 15 is 0 Å². The predicted octanol–water partition coefficient (Wildman–Crippen LogP) is 2.06. The Hall–Kier alpha value is -1.59. The van der Waals surface area contributed by atoms with Crippen LogP contribution < -0.4 is 5.73 Å². The molecule has 0 spiro atoms. The minimum Gasteiger partial charge on any atom is -0.468 e. The fraction of sp³-hybridized carbons (Fsp3) is 0.231. The van der Waals surface area contributed by atoms with Crippen molar-refractivity contribution >= 4 is 9.84 Å². The SMILES string of the molecule is Cc1ccc(S(=O)(=O)CC(N)c2ccco2)cc1. The van der Waals surface area contributed by atoms with Gasteiger partial charge in [0, 0.05) is 0 Å². The lowest BCUT2D eigenvalue weighted by molar-refractivity contribution is 0.477. The van der Waals surface area contributed by atoms with Crippen LogP contribution >= 0.6 is 0 Å². The van der Waals surface area contributed by atoms with Gasteiger partial charge in [-0.2, -0.15) is 0 Å². The second-order valence-corrected chi connectivity index (χ2v) is 6.25. The monoisotopic (exact) mass is 265 g/mol. The third-order valence-corrected chi connectivity index (χ3v) is 4.48. The third kappa shape index (κ3) is 2.80. The molecule has 0 bridgehead atoms. The molecule has 0 saturated carbocycles. The first kappa shape index (κ1) is 12.9. The summed E-state index contributed by atoms with van der Waals surface area (Å²) in [4.78, 5) is 0.287. The number of benzene rings is 1. The Kier molecular flexibility index (Phi) is 3.54. The highest BCUT2D eigenvalue weighted by Crippen LogP contribution is 2.18. The van der Waals surface area contributed by atoms with Gasteiger partial charge in [0.25, 0.3) is 0 Å². The van der Waals surface area contributed by atoms with Gasteiger partial charge in [0.05, 0.1) is 23.0 Å². The number of furan rings is 1. The summed E-state index contributed by atoms with van der Waals surface area (Å²) in [5.74, 6) is 0.314. The fourth-order valence-electron chi connectivity index (χ4n) is 1.66. The van der Waals surface area contributed by atoms with Gasteiger partial charge in [0.2, 0.25) is 0 Å². The summed E-state index contributed by atoms with van der Waals surface area (Å²) in [6.07, 6.45) is 1.48. The van der Waals surface area contributed by atoms with E-state index in [9.17, 15) is 8.42 Å². The number of sulfone groups is 1. The lowest BCUT2D eigenvalue weighted by atomic mass is 10.2. The van der Waals surface area contributed by atoms with Crippen LogP contribution in [0.15, 0.2) is 52.0 Å². The van der Waals surface area contributed by atoms with E-state index in [2.05, 4.69) is 0 Å². The molecular formula is C13H15NO3S. The molecule has 1 atom stereocenters. The molecule has 0 saturated heterocycles. The average Bonchev–Trinajstić information content (AvgIpc) is 2.82. The molecule has 0 aliphatic rings. The summed E-state index contributed by atoms with van der Waals surface area (Å²) in [5.41, 5.74) is 6.84. The number of rotatable bonds is 4. The van der Waals surface area contributed by atoms with Crippen LogP contribution in [0.3, 0.4) is 0 Å². The topological polar surface area (TPSA) is 73.3 Å². The minimum absolute atomic E-state index is 0.163. The fourth-order valence-corrected chi connectivity index (χ4v) is 3.04. The summed E-state index contributed by atoms with van der Waals surface area (Å²) >= 11 is 0. The Morgan fingerprint density at radius 2 is 1.89 bits per heavy atom. The van der Waals surface area contributed by atoms with E-state index in [1.807, 2.05) is 6.92 Å². The maximum Gasteiger partial charge on any atom is 0.180 e. The van der Waals surface area contributed by atoms with Gasteiger partial charge in [-0.15, -0.1) is 0 Å². The van der Waals surface area contributed by atoms with Crippen molar-refractivity contribution in [3.05, 3.63) is 54.0 Å². The molecule has 0 fully saturated rings. The Bertz CT molecular complexity index is 600. The maximum atomic E-state index is 12.1. The second-order valence-electron chi connectivity index (χ2n) is 4.22. The van der Waals surface area contributed by atoms with E-state index in [0.29, 0.717) is 5.76 Å². The quantitative estimate of drug-likeness (QED) is 0.918. The Balaban J connectivity index is 2.20. The average molecular weight is 265 g/mol. The molecule has 1 unspecified atom stereocenters. The van der Waals surface area contributed by atoms with Gasteiger partial charge in [0.15, 0.2) is 9.84 Å². The van der Waals surface area contributed by atoms with Crippen LogP contribution in [-0.2, 0) is 9.84 Å². The molecule has 2 N–H and O–H groups in total. The largest absolute Gasteiger partial charge is 0.468 e. The van der Waals surface area contributed by atoms with Crippen LogP contribution in [0.25, 0.3) is 0 Å². The van der Waals surface area contributed by atoms with Crippen molar-refractivity contribution < 1.29 is 12.8 Å². The first-order chi connectivity index (χ1) is 8.49.